The van der Waals surface area contributed by atoms with Crippen LogP contribution in [0.4, 0.5) is 0 Å². The predicted molar refractivity (Wildman–Crippen MR) is 76.8 cm³/mol. The average Bonchev–Trinajstić information content (AvgIpc) is 2.35. The third-order valence-electron chi connectivity index (χ3n) is 2.59. The van der Waals surface area contributed by atoms with Crippen LogP contribution in [0.2, 0.25) is 0 Å². The number of nitrogens with one attached hydrogen (secondary N) is 1. The Balaban J connectivity index is 0.000000384. The van der Waals surface area contributed by atoms with Gasteiger partial charge in [-0.3, -0.25) is 9.59 Å². The Bertz CT molecular complexity index is 463. The zero-order valence-electron chi connectivity index (χ0n) is 12.2. The Hall–Kier alpha value is -2.28. The molecule has 0 amide bonds. The van der Waals surface area contributed by atoms with Gasteiger partial charge in [-0.2, -0.15) is 0 Å². The van der Waals surface area contributed by atoms with Gasteiger partial charge >= 0.3 is 5.97 Å². The molecule has 0 unspecified atom stereocenters. The minimum atomic E-state index is -0.767. The van der Waals surface area contributed by atoms with Gasteiger partial charge in [0.15, 0.2) is 6.29 Å². The SMILES string of the molecule is CN[C@@H](CC(C)C)C(=O)O.O=Cc1c(O)cc(O)cc1O. The molecule has 7 heteroatoms. The fraction of sp³-hybridized carbons (Fsp3) is 0.429. The summed E-state index contributed by atoms with van der Waals surface area (Å²) < 4.78 is 0. The van der Waals surface area contributed by atoms with Crippen LogP contribution in [-0.4, -0.2) is 45.8 Å². The summed E-state index contributed by atoms with van der Waals surface area (Å²) in [5, 5.41) is 37.9. The maximum atomic E-state index is 10.4. The van der Waals surface area contributed by atoms with Gasteiger partial charge in [-0.25, -0.2) is 0 Å². The summed E-state index contributed by atoms with van der Waals surface area (Å²) in [6.45, 7) is 4.01. The molecule has 7 nitrogen and oxygen atoms in total. The minimum absolute atomic E-state index is 0.220. The van der Waals surface area contributed by atoms with E-state index in [0.29, 0.717) is 18.6 Å². The number of carbonyl (C=O) groups is 2. The van der Waals surface area contributed by atoms with Crippen LogP contribution in [0.1, 0.15) is 30.6 Å². The molecule has 5 N–H and O–H groups in total. The van der Waals surface area contributed by atoms with Gasteiger partial charge in [0.2, 0.25) is 0 Å². The molecule has 0 bridgehead atoms. The lowest BCUT2D eigenvalue weighted by molar-refractivity contribution is -0.139. The highest BCUT2D eigenvalue weighted by Crippen LogP contribution is 2.29. The van der Waals surface area contributed by atoms with E-state index >= 15 is 0 Å². The molecular formula is C14H21NO6. The summed E-state index contributed by atoms with van der Waals surface area (Å²) in [6.07, 6.45) is 0.996. The lowest BCUT2D eigenvalue weighted by atomic mass is 10.0. The number of carboxylic acids is 1. The number of hydrogen-bond acceptors (Lipinski definition) is 6. The van der Waals surface area contributed by atoms with Crippen molar-refractivity contribution in [1.82, 2.24) is 5.32 Å². The molecule has 1 rings (SSSR count). The number of likely N-dealkylation sites (N-methyl/N-ethyl adjacent to an activating group) is 1. The second kappa shape index (κ2) is 8.80. The second-order valence-corrected chi connectivity index (χ2v) is 4.82. The molecule has 1 aromatic rings. The van der Waals surface area contributed by atoms with E-state index in [1.807, 2.05) is 13.8 Å². The molecule has 0 saturated carbocycles. The molecule has 0 aliphatic rings. The van der Waals surface area contributed by atoms with Gasteiger partial charge in [-0.1, -0.05) is 13.8 Å². The van der Waals surface area contributed by atoms with Crippen LogP contribution in [0.3, 0.4) is 0 Å². The molecule has 0 aliphatic carbocycles. The third-order valence-corrected chi connectivity index (χ3v) is 2.59. The Kier molecular flexibility index (Phi) is 7.85. The number of benzene rings is 1. The highest BCUT2D eigenvalue weighted by Gasteiger charge is 2.15. The molecule has 0 spiro atoms. The Labute approximate surface area is 122 Å². The van der Waals surface area contributed by atoms with E-state index in [4.69, 9.17) is 20.4 Å². The van der Waals surface area contributed by atoms with Gasteiger partial charge in [0.1, 0.15) is 23.3 Å². The molecule has 1 aromatic carbocycles. The van der Waals surface area contributed by atoms with Crippen molar-refractivity contribution >= 4 is 12.3 Å². The quantitative estimate of drug-likeness (QED) is 0.519. The van der Waals surface area contributed by atoms with Crippen molar-refractivity contribution in [3.8, 4) is 17.2 Å². The van der Waals surface area contributed by atoms with Crippen LogP contribution in [-0.2, 0) is 4.79 Å². The Morgan fingerprint density at radius 1 is 1.24 bits per heavy atom. The Morgan fingerprint density at radius 2 is 1.71 bits per heavy atom. The van der Waals surface area contributed by atoms with E-state index in [0.717, 1.165) is 12.1 Å². The molecule has 21 heavy (non-hydrogen) atoms. The van der Waals surface area contributed by atoms with E-state index < -0.39 is 17.5 Å². The van der Waals surface area contributed by atoms with E-state index in [9.17, 15) is 9.59 Å². The number of hydrogen-bond donors (Lipinski definition) is 5. The second-order valence-electron chi connectivity index (χ2n) is 4.82. The summed E-state index contributed by atoms with van der Waals surface area (Å²) in [5.41, 5.74) is -0.220. The minimum Gasteiger partial charge on any atom is -0.508 e. The molecule has 1 atom stereocenters. The average molecular weight is 299 g/mol. The van der Waals surface area contributed by atoms with Gasteiger partial charge in [-0.05, 0) is 19.4 Å². The number of aldehydes is 1. The lowest BCUT2D eigenvalue weighted by Gasteiger charge is -2.12. The zero-order chi connectivity index (χ0) is 16.6. The van der Waals surface area contributed by atoms with Crippen molar-refractivity contribution in [2.45, 2.75) is 26.3 Å². The number of rotatable bonds is 5. The number of aromatic hydroxyl groups is 3. The molecule has 118 valence electrons. The summed E-state index contributed by atoms with van der Waals surface area (Å²) in [6, 6.07) is 1.56. The van der Waals surface area contributed by atoms with Crippen molar-refractivity contribution in [3.63, 3.8) is 0 Å². The normalized spacial score (nSPS) is 11.4. The molecule has 0 fully saturated rings. The fourth-order valence-corrected chi connectivity index (χ4v) is 1.54. The van der Waals surface area contributed by atoms with Crippen LogP contribution in [0.15, 0.2) is 12.1 Å². The van der Waals surface area contributed by atoms with Crippen molar-refractivity contribution < 1.29 is 30.0 Å². The third kappa shape index (κ3) is 6.62. The number of carbonyl (C=O) groups excluding carboxylic acids is 1. The van der Waals surface area contributed by atoms with Crippen molar-refractivity contribution in [1.29, 1.82) is 0 Å². The number of phenolic OH excluding ortho intramolecular Hbond substituents is 3. The van der Waals surface area contributed by atoms with Gasteiger partial charge in [0, 0.05) is 12.1 Å². The van der Waals surface area contributed by atoms with Gasteiger partial charge in [0.05, 0.1) is 5.56 Å². The first kappa shape index (κ1) is 18.7. The van der Waals surface area contributed by atoms with Crippen LogP contribution in [0.25, 0.3) is 0 Å². The van der Waals surface area contributed by atoms with E-state index in [-0.39, 0.29) is 17.4 Å². The molecular weight excluding hydrogens is 278 g/mol. The maximum absolute atomic E-state index is 10.4. The summed E-state index contributed by atoms with van der Waals surface area (Å²) >= 11 is 0. The first-order chi connectivity index (χ1) is 9.72. The van der Waals surface area contributed by atoms with Crippen molar-refractivity contribution in [3.05, 3.63) is 17.7 Å². The summed E-state index contributed by atoms with van der Waals surface area (Å²) in [5.74, 6) is -1.50. The molecule has 0 aromatic heterocycles. The first-order valence-electron chi connectivity index (χ1n) is 6.33. The highest BCUT2D eigenvalue weighted by molar-refractivity contribution is 5.83. The fourth-order valence-electron chi connectivity index (χ4n) is 1.54. The standard InChI is InChI=1S/C7H15NO2.C7H6O4/c1-5(2)4-6(8-3)7(9)10;8-3-5-6(10)1-4(9)2-7(5)11/h5-6,8H,4H2,1-3H3,(H,9,10);1-3,9-11H/t6-;/m0./s1. The molecule has 0 aliphatic heterocycles. The van der Waals surface area contributed by atoms with Gasteiger partial charge in [-0.15, -0.1) is 0 Å². The first-order valence-corrected chi connectivity index (χ1v) is 6.33. The lowest BCUT2D eigenvalue weighted by Crippen LogP contribution is -2.34. The largest absolute Gasteiger partial charge is 0.508 e. The molecule has 0 heterocycles. The van der Waals surface area contributed by atoms with Crippen molar-refractivity contribution in [2.75, 3.05) is 7.05 Å². The number of aliphatic carboxylic acids is 1. The smallest absolute Gasteiger partial charge is 0.320 e. The van der Waals surface area contributed by atoms with Crippen LogP contribution in [0.5, 0.6) is 17.2 Å². The van der Waals surface area contributed by atoms with Crippen LogP contribution < -0.4 is 5.32 Å². The van der Waals surface area contributed by atoms with E-state index in [1.165, 1.54) is 0 Å². The zero-order valence-corrected chi connectivity index (χ0v) is 12.2. The molecule has 0 saturated heterocycles. The molecule has 0 radical (unpaired) electrons. The topological polar surface area (TPSA) is 127 Å². The van der Waals surface area contributed by atoms with Crippen LogP contribution >= 0.6 is 0 Å². The van der Waals surface area contributed by atoms with E-state index in [2.05, 4.69) is 5.32 Å². The maximum Gasteiger partial charge on any atom is 0.320 e. The van der Waals surface area contributed by atoms with Crippen LogP contribution in [0, 0.1) is 5.92 Å². The summed E-state index contributed by atoms with van der Waals surface area (Å²) in [7, 11) is 1.67. The monoisotopic (exact) mass is 299 g/mol. The van der Waals surface area contributed by atoms with Crippen molar-refractivity contribution in [2.24, 2.45) is 5.92 Å². The number of phenols is 3. The summed E-state index contributed by atoms with van der Waals surface area (Å²) in [4.78, 5) is 20.6. The highest BCUT2D eigenvalue weighted by atomic mass is 16.4. The predicted octanol–water partition coefficient (Wildman–Crippen LogP) is 1.32. The van der Waals surface area contributed by atoms with Gasteiger partial charge < -0.3 is 25.7 Å². The van der Waals surface area contributed by atoms with E-state index in [1.54, 1.807) is 7.05 Å². The Morgan fingerprint density at radius 3 is 1.95 bits per heavy atom. The number of carboxylic acid groups (broad SMARTS) is 1. The van der Waals surface area contributed by atoms with Gasteiger partial charge in [0.25, 0.3) is 0 Å².